The van der Waals surface area contributed by atoms with Crippen LogP contribution < -0.4 is 0 Å². The van der Waals surface area contributed by atoms with Gasteiger partial charge >= 0.3 is 0 Å². The summed E-state index contributed by atoms with van der Waals surface area (Å²) in [5.41, 5.74) is 1.88. The van der Waals surface area contributed by atoms with Gasteiger partial charge in [-0.05, 0) is 30.2 Å². The first-order chi connectivity index (χ1) is 9.70. The van der Waals surface area contributed by atoms with Gasteiger partial charge in [0, 0.05) is 32.2 Å². The fraction of sp³-hybridized carbons (Fsp3) is 0.200. The van der Waals surface area contributed by atoms with Gasteiger partial charge in [-0.3, -0.25) is 9.78 Å². The summed E-state index contributed by atoms with van der Waals surface area (Å²) < 4.78 is 0. The lowest BCUT2D eigenvalue weighted by Gasteiger charge is -2.16. The lowest BCUT2D eigenvalue weighted by atomic mass is 10.2. The van der Waals surface area contributed by atoms with Crippen molar-refractivity contribution in [2.75, 3.05) is 13.6 Å². The highest BCUT2D eigenvalue weighted by molar-refractivity contribution is 5.93. The van der Waals surface area contributed by atoms with E-state index in [2.05, 4.69) is 9.97 Å². The molecule has 0 saturated heterocycles. The molecule has 2 aromatic rings. The van der Waals surface area contributed by atoms with Crippen LogP contribution in [-0.4, -0.2) is 34.4 Å². The second-order valence-corrected chi connectivity index (χ2v) is 4.38. The van der Waals surface area contributed by atoms with E-state index in [9.17, 15) is 4.79 Å². The fourth-order valence-corrected chi connectivity index (χ4v) is 1.75. The van der Waals surface area contributed by atoms with Crippen molar-refractivity contribution in [2.45, 2.75) is 6.42 Å². The number of hydrogen-bond acceptors (Lipinski definition) is 4. The first kappa shape index (κ1) is 13.7. The molecule has 0 aliphatic heterocycles. The predicted molar refractivity (Wildman–Crippen MR) is 73.9 cm³/mol. The number of amides is 1. The summed E-state index contributed by atoms with van der Waals surface area (Å²) in [6, 6.07) is 8.95. The van der Waals surface area contributed by atoms with Crippen LogP contribution in [0.3, 0.4) is 0 Å². The van der Waals surface area contributed by atoms with Crippen molar-refractivity contribution in [3.63, 3.8) is 0 Å². The van der Waals surface area contributed by atoms with Crippen LogP contribution in [0.1, 0.15) is 21.6 Å². The standard InChI is InChI=1S/C15H14N4O/c1-19(8-6-12-3-2-7-17-10-12)15(20)13-4-5-14(9-16)18-11-13/h2-5,7,10-11H,6,8H2,1H3. The van der Waals surface area contributed by atoms with Crippen LogP contribution in [0.2, 0.25) is 0 Å². The largest absolute Gasteiger partial charge is 0.341 e. The predicted octanol–water partition coefficient (Wildman–Crippen LogP) is 1.66. The molecule has 0 N–H and O–H groups in total. The molecule has 5 heteroatoms. The smallest absolute Gasteiger partial charge is 0.255 e. The molecule has 0 bridgehead atoms. The van der Waals surface area contributed by atoms with Gasteiger partial charge in [-0.1, -0.05) is 6.07 Å². The van der Waals surface area contributed by atoms with E-state index in [-0.39, 0.29) is 5.91 Å². The van der Waals surface area contributed by atoms with Crippen molar-refractivity contribution in [1.82, 2.24) is 14.9 Å². The molecule has 0 unspecified atom stereocenters. The lowest BCUT2D eigenvalue weighted by Crippen LogP contribution is -2.29. The van der Waals surface area contributed by atoms with Gasteiger partial charge in [0.2, 0.25) is 0 Å². The van der Waals surface area contributed by atoms with Gasteiger partial charge in [0.1, 0.15) is 11.8 Å². The molecule has 5 nitrogen and oxygen atoms in total. The number of hydrogen-bond donors (Lipinski definition) is 0. The van der Waals surface area contributed by atoms with Crippen molar-refractivity contribution >= 4 is 5.91 Å². The van der Waals surface area contributed by atoms with Crippen molar-refractivity contribution in [1.29, 1.82) is 5.26 Å². The Bertz CT molecular complexity index is 617. The van der Waals surface area contributed by atoms with Crippen molar-refractivity contribution in [3.05, 3.63) is 59.7 Å². The molecule has 2 rings (SSSR count). The number of aromatic nitrogens is 2. The number of pyridine rings is 2. The van der Waals surface area contributed by atoms with E-state index in [1.165, 1.54) is 6.20 Å². The highest BCUT2D eigenvalue weighted by Gasteiger charge is 2.11. The second kappa shape index (κ2) is 6.43. The minimum Gasteiger partial charge on any atom is -0.341 e. The Hall–Kier alpha value is -2.74. The third-order valence-electron chi connectivity index (χ3n) is 2.93. The van der Waals surface area contributed by atoms with E-state index in [0.717, 1.165) is 12.0 Å². The average molecular weight is 266 g/mol. The Kier molecular flexibility index (Phi) is 4.40. The zero-order valence-electron chi connectivity index (χ0n) is 11.2. The highest BCUT2D eigenvalue weighted by atomic mass is 16.2. The van der Waals surface area contributed by atoms with Crippen LogP contribution in [0.5, 0.6) is 0 Å². The van der Waals surface area contributed by atoms with Gasteiger partial charge in [0.25, 0.3) is 5.91 Å². The lowest BCUT2D eigenvalue weighted by molar-refractivity contribution is 0.0796. The monoisotopic (exact) mass is 266 g/mol. The Balaban J connectivity index is 1.96. The Morgan fingerprint density at radius 2 is 2.20 bits per heavy atom. The topological polar surface area (TPSA) is 69.9 Å². The molecule has 2 heterocycles. The zero-order valence-corrected chi connectivity index (χ0v) is 11.2. The average Bonchev–Trinajstić information content (AvgIpc) is 2.53. The number of carbonyl (C=O) groups excluding carboxylic acids is 1. The summed E-state index contributed by atoms with van der Waals surface area (Å²) in [5, 5.41) is 8.67. The quantitative estimate of drug-likeness (QED) is 0.844. The highest BCUT2D eigenvalue weighted by Crippen LogP contribution is 2.05. The van der Waals surface area contributed by atoms with Crippen LogP contribution in [0.25, 0.3) is 0 Å². The fourth-order valence-electron chi connectivity index (χ4n) is 1.75. The first-order valence-corrected chi connectivity index (χ1v) is 6.21. The summed E-state index contributed by atoms with van der Waals surface area (Å²) in [6.07, 6.45) is 5.70. The molecule has 0 aliphatic carbocycles. The van der Waals surface area contributed by atoms with E-state index >= 15 is 0 Å². The molecule has 0 aliphatic rings. The van der Waals surface area contributed by atoms with E-state index < -0.39 is 0 Å². The van der Waals surface area contributed by atoms with Gasteiger partial charge in [-0.25, -0.2) is 4.98 Å². The molecule has 2 aromatic heterocycles. The molecule has 100 valence electrons. The normalized spacial score (nSPS) is 9.80. The minimum atomic E-state index is -0.106. The number of carbonyl (C=O) groups is 1. The van der Waals surface area contributed by atoms with Crippen molar-refractivity contribution in [2.24, 2.45) is 0 Å². The summed E-state index contributed by atoms with van der Waals surface area (Å²) >= 11 is 0. The summed E-state index contributed by atoms with van der Waals surface area (Å²) in [5.74, 6) is -0.106. The van der Waals surface area contributed by atoms with Gasteiger partial charge in [0.15, 0.2) is 0 Å². The third kappa shape index (κ3) is 3.39. The molecule has 0 radical (unpaired) electrons. The van der Waals surface area contributed by atoms with Gasteiger partial charge in [-0.15, -0.1) is 0 Å². The Morgan fingerprint density at radius 3 is 2.80 bits per heavy atom. The second-order valence-electron chi connectivity index (χ2n) is 4.38. The first-order valence-electron chi connectivity index (χ1n) is 6.21. The van der Waals surface area contributed by atoms with Crippen LogP contribution in [0.15, 0.2) is 42.9 Å². The Morgan fingerprint density at radius 1 is 1.35 bits per heavy atom. The molecular weight excluding hydrogens is 252 g/mol. The summed E-state index contributed by atoms with van der Waals surface area (Å²) in [6.45, 7) is 0.602. The van der Waals surface area contributed by atoms with Gasteiger partial charge < -0.3 is 4.90 Å². The van der Waals surface area contributed by atoms with Crippen LogP contribution in [0, 0.1) is 11.3 Å². The van der Waals surface area contributed by atoms with Gasteiger partial charge in [-0.2, -0.15) is 5.26 Å². The number of nitriles is 1. The molecule has 0 atom stereocenters. The molecule has 1 amide bonds. The molecule has 0 aromatic carbocycles. The third-order valence-corrected chi connectivity index (χ3v) is 2.93. The summed E-state index contributed by atoms with van der Waals surface area (Å²) in [7, 11) is 1.75. The maximum absolute atomic E-state index is 12.2. The van der Waals surface area contributed by atoms with Crippen LogP contribution in [0.4, 0.5) is 0 Å². The van der Waals surface area contributed by atoms with Crippen molar-refractivity contribution in [3.8, 4) is 6.07 Å². The van der Waals surface area contributed by atoms with E-state index in [1.807, 2.05) is 18.2 Å². The van der Waals surface area contributed by atoms with Crippen LogP contribution in [-0.2, 0) is 6.42 Å². The molecule has 20 heavy (non-hydrogen) atoms. The molecular formula is C15H14N4O. The van der Waals surface area contributed by atoms with E-state index in [1.54, 1.807) is 36.5 Å². The number of nitrogens with zero attached hydrogens (tertiary/aromatic N) is 4. The molecule has 0 spiro atoms. The molecule has 0 saturated carbocycles. The Labute approximate surface area is 117 Å². The van der Waals surface area contributed by atoms with Crippen LogP contribution >= 0.6 is 0 Å². The maximum atomic E-state index is 12.2. The number of likely N-dealkylation sites (N-methyl/N-ethyl adjacent to an activating group) is 1. The summed E-state index contributed by atoms with van der Waals surface area (Å²) in [4.78, 5) is 21.7. The van der Waals surface area contributed by atoms with Crippen molar-refractivity contribution < 1.29 is 4.79 Å². The number of rotatable bonds is 4. The maximum Gasteiger partial charge on any atom is 0.255 e. The SMILES string of the molecule is CN(CCc1cccnc1)C(=O)c1ccc(C#N)nc1. The van der Waals surface area contributed by atoms with E-state index in [4.69, 9.17) is 5.26 Å². The van der Waals surface area contributed by atoms with E-state index in [0.29, 0.717) is 17.8 Å². The molecule has 0 fully saturated rings. The van der Waals surface area contributed by atoms with Gasteiger partial charge in [0.05, 0.1) is 5.56 Å². The minimum absolute atomic E-state index is 0.106. The zero-order chi connectivity index (χ0) is 14.4.